The molecule has 2 aliphatic rings. The van der Waals surface area contributed by atoms with Crippen LogP contribution in [0.1, 0.15) is 61.8 Å². The number of cyclic esters (lactones) is 1. The molecular formula is C25H25FN2O4. The van der Waals surface area contributed by atoms with Gasteiger partial charge in [-0.3, -0.25) is 9.59 Å². The van der Waals surface area contributed by atoms with Gasteiger partial charge < -0.3 is 14.4 Å². The van der Waals surface area contributed by atoms with Crippen molar-refractivity contribution in [3.8, 4) is 11.4 Å². The number of fused-ring (bicyclic) bond motifs is 5. The van der Waals surface area contributed by atoms with Crippen molar-refractivity contribution in [2.24, 2.45) is 0 Å². The van der Waals surface area contributed by atoms with E-state index in [9.17, 15) is 19.1 Å². The summed E-state index contributed by atoms with van der Waals surface area (Å²) in [5.41, 5.74) is 2.80. The Morgan fingerprint density at radius 2 is 2.03 bits per heavy atom. The quantitative estimate of drug-likeness (QED) is 0.490. The molecule has 7 heteroatoms. The number of hydrogen-bond donors (Lipinski definition) is 1. The summed E-state index contributed by atoms with van der Waals surface area (Å²) in [6, 6.07) is 6.40. The van der Waals surface area contributed by atoms with Crippen LogP contribution in [0.4, 0.5) is 4.39 Å². The Kier molecular flexibility index (Phi) is 4.89. The highest BCUT2D eigenvalue weighted by Crippen LogP contribution is 2.40. The molecule has 1 atom stereocenters. The van der Waals surface area contributed by atoms with Gasteiger partial charge in [-0.25, -0.2) is 9.37 Å². The van der Waals surface area contributed by atoms with Crippen molar-refractivity contribution in [1.29, 1.82) is 0 Å². The van der Waals surface area contributed by atoms with E-state index in [0.717, 1.165) is 35.8 Å². The van der Waals surface area contributed by atoms with Crippen LogP contribution in [0.25, 0.3) is 22.3 Å². The molecule has 32 heavy (non-hydrogen) atoms. The summed E-state index contributed by atoms with van der Waals surface area (Å²) in [5.74, 6) is -0.892. The fraction of sp³-hybridized carbons (Fsp3) is 0.400. The average Bonchev–Trinajstić information content (AvgIpc) is 3.07. The minimum absolute atomic E-state index is 0.157. The molecule has 0 fully saturated rings. The Bertz CT molecular complexity index is 1330. The lowest BCUT2D eigenvalue weighted by Gasteiger charge is -2.26. The number of hydrogen-bond acceptors (Lipinski definition) is 5. The number of benzene rings is 1. The molecule has 2 aromatic heterocycles. The maximum absolute atomic E-state index is 14.0. The van der Waals surface area contributed by atoms with Gasteiger partial charge in [-0.15, -0.1) is 0 Å². The number of aliphatic hydroxyl groups is 1. The number of ether oxygens (including phenoxy) is 1. The zero-order valence-electron chi connectivity index (χ0n) is 18.2. The van der Waals surface area contributed by atoms with Gasteiger partial charge in [-0.2, -0.15) is 0 Å². The Morgan fingerprint density at radius 1 is 1.22 bits per heavy atom. The standard InChI is InChI=1S/C25H25FN2O4/c1-3-5-6-15-16-8-7-14(26)9-20(16)27-23-17(15)12-28-21(23)10-19-18(24(28)30)13-32-22(29)11-25(19,31)4-2/h7-10,31H,3-6,11-13H2,1-2H3/t25-/m1/s1. The summed E-state index contributed by atoms with van der Waals surface area (Å²) in [5, 5.41) is 12.1. The minimum Gasteiger partial charge on any atom is -0.460 e. The molecule has 3 aromatic rings. The van der Waals surface area contributed by atoms with Gasteiger partial charge in [-0.1, -0.05) is 20.3 Å². The fourth-order valence-corrected chi connectivity index (χ4v) is 4.98. The van der Waals surface area contributed by atoms with E-state index in [1.165, 1.54) is 12.1 Å². The van der Waals surface area contributed by atoms with Crippen LogP contribution >= 0.6 is 0 Å². The molecule has 0 saturated carbocycles. The van der Waals surface area contributed by atoms with Gasteiger partial charge in [0.15, 0.2) is 0 Å². The topological polar surface area (TPSA) is 81.4 Å². The Balaban J connectivity index is 1.79. The van der Waals surface area contributed by atoms with Crippen LogP contribution in [0.5, 0.6) is 0 Å². The third-order valence-electron chi connectivity index (χ3n) is 6.81. The molecular weight excluding hydrogens is 411 g/mol. The number of halogens is 1. The Labute approximate surface area is 184 Å². The molecule has 1 N–H and O–H groups in total. The average molecular weight is 436 g/mol. The van der Waals surface area contributed by atoms with E-state index in [1.807, 2.05) is 0 Å². The molecule has 0 aliphatic carbocycles. The molecule has 5 rings (SSSR count). The van der Waals surface area contributed by atoms with Crippen LogP contribution in [0, 0.1) is 5.82 Å². The highest BCUT2D eigenvalue weighted by Gasteiger charge is 2.39. The number of esters is 1. The van der Waals surface area contributed by atoms with E-state index in [2.05, 4.69) is 6.92 Å². The summed E-state index contributed by atoms with van der Waals surface area (Å²) >= 11 is 0. The van der Waals surface area contributed by atoms with E-state index >= 15 is 0 Å². The number of aryl methyl sites for hydroxylation is 1. The summed E-state index contributed by atoms with van der Waals surface area (Å²) in [4.78, 5) is 30.3. The van der Waals surface area contributed by atoms with Gasteiger partial charge in [0.05, 0.1) is 35.4 Å². The summed E-state index contributed by atoms with van der Waals surface area (Å²) in [6.45, 7) is 4.09. The maximum Gasteiger partial charge on any atom is 0.309 e. The van der Waals surface area contributed by atoms with E-state index in [0.29, 0.717) is 34.6 Å². The molecule has 0 unspecified atom stereocenters. The lowest BCUT2D eigenvalue weighted by atomic mass is 9.85. The number of nitrogens with zero attached hydrogens (tertiary/aromatic N) is 2. The first-order chi connectivity index (χ1) is 15.4. The van der Waals surface area contributed by atoms with E-state index in [4.69, 9.17) is 9.72 Å². The smallest absolute Gasteiger partial charge is 0.309 e. The molecule has 6 nitrogen and oxygen atoms in total. The molecule has 0 bridgehead atoms. The second-order valence-electron chi connectivity index (χ2n) is 8.72. The predicted octanol–water partition coefficient (Wildman–Crippen LogP) is 3.95. The minimum atomic E-state index is -1.48. The second-order valence-corrected chi connectivity index (χ2v) is 8.72. The van der Waals surface area contributed by atoms with E-state index in [1.54, 1.807) is 23.6 Å². The van der Waals surface area contributed by atoms with Crippen molar-refractivity contribution in [2.45, 2.75) is 64.7 Å². The molecule has 0 spiro atoms. The van der Waals surface area contributed by atoms with E-state index in [-0.39, 0.29) is 30.8 Å². The summed E-state index contributed by atoms with van der Waals surface area (Å²) in [6.07, 6.45) is 2.85. The summed E-state index contributed by atoms with van der Waals surface area (Å²) < 4.78 is 20.9. The van der Waals surface area contributed by atoms with Crippen LogP contribution < -0.4 is 5.56 Å². The van der Waals surface area contributed by atoms with Crippen molar-refractivity contribution in [1.82, 2.24) is 9.55 Å². The van der Waals surface area contributed by atoms with Gasteiger partial charge in [0.25, 0.3) is 5.56 Å². The number of aromatic nitrogens is 2. The van der Waals surface area contributed by atoms with Crippen LogP contribution in [-0.4, -0.2) is 20.6 Å². The molecule has 1 aromatic carbocycles. The van der Waals surface area contributed by atoms with Gasteiger partial charge in [0.1, 0.15) is 18.0 Å². The monoisotopic (exact) mass is 436 g/mol. The van der Waals surface area contributed by atoms with Crippen molar-refractivity contribution in [3.05, 3.63) is 62.7 Å². The first-order valence-corrected chi connectivity index (χ1v) is 11.1. The summed E-state index contributed by atoms with van der Waals surface area (Å²) in [7, 11) is 0. The van der Waals surface area contributed by atoms with Crippen molar-refractivity contribution in [2.75, 3.05) is 0 Å². The normalized spacial score (nSPS) is 19.3. The molecule has 0 saturated heterocycles. The van der Waals surface area contributed by atoms with Crippen LogP contribution in [0.15, 0.2) is 29.1 Å². The molecule has 2 aliphatic heterocycles. The first kappa shape index (κ1) is 20.8. The highest BCUT2D eigenvalue weighted by molar-refractivity contribution is 5.88. The highest BCUT2D eigenvalue weighted by atomic mass is 19.1. The zero-order chi connectivity index (χ0) is 22.6. The van der Waals surface area contributed by atoms with Crippen molar-refractivity contribution in [3.63, 3.8) is 0 Å². The number of rotatable bonds is 4. The van der Waals surface area contributed by atoms with Gasteiger partial charge in [-0.05, 0) is 48.6 Å². The molecule has 0 radical (unpaired) electrons. The first-order valence-electron chi connectivity index (χ1n) is 11.1. The van der Waals surface area contributed by atoms with Gasteiger partial charge in [0.2, 0.25) is 0 Å². The largest absolute Gasteiger partial charge is 0.460 e. The molecule has 0 amide bonds. The van der Waals surface area contributed by atoms with Crippen LogP contribution in [0.2, 0.25) is 0 Å². The molecule has 4 heterocycles. The lowest BCUT2D eigenvalue weighted by molar-refractivity contribution is -0.149. The second kappa shape index (κ2) is 7.52. The SMILES string of the molecule is CCCCc1c2c(nc3cc(F)ccc13)-c1cc3c(c(=O)n1C2)COC(=O)C[C@]3(O)CC. The van der Waals surface area contributed by atoms with Crippen molar-refractivity contribution >= 4 is 16.9 Å². The fourth-order valence-electron chi connectivity index (χ4n) is 4.98. The third kappa shape index (κ3) is 3.06. The van der Waals surface area contributed by atoms with Crippen LogP contribution in [0.3, 0.4) is 0 Å². The lowest BCUT2D eigenvalue weighted by Crippen LogP contribution is -2.32. The number of carbonyl (C=O) groups is 1. The van der Waals surface area contributed by atoms with Crippen molar-refractivity contribution < 1.29 is 19.0 Å². The molecule has 166 valence electrons. The number of pyridine rings is 2. The van der Waals surface area contributed by atoms with E-state index < -0.39 is 11.6 Å². The Hall–Kier alpha value is -3.06. The predicted molar refractivity (Wildman–Crippen MR) is 118 cm³/mol. The van der Waals surface area contributed by atoms with Gasteiger partial charge in [0, 0.05) is 17.0 Å². The number of unbranched alkanes of at least 4 members (excludes halogenated alkanes) is 1. The van der Waals surface area contributed by atoms with Gasteiger partial charge >= 0.3 is 5.97 Å². The van der Waals surface area contributed by atoms with Crippen LogP contribution in [-0.2, 0) is 34.7 Å². The maximum atomic E-state index is 14.0. The third-order valence-corrected chi connectivity index (χ3v) is 6.81. The Morgan fingerprint density at radius 3 is 2.78 bits per heavy atom. The number of carbonyl (C=O) groups excluding carboxylic acids is 1. The zero-order valence-corrected chi connectivity index (χ0v) is 18.2.